The van der Waals surface area contributed by atoms with Crippen molar-refractivity contribution in [3.05, 3.63) is 58.1 Å². The highest BCUT2D eigenvalue weighted by molar-refractivity contribution is 9.10. The number of hydrogen-bond acceptors (Lipinski definition) is 4. The molecule has 2 aromatic carbocycles. The summed E-state index contributed by atoms with van der Waals surface area (Å²) in [5.74, 6) is 1.89. The highest BCUT2D eigenvalue weighted by Crippen LogP contribution is 2.25. The first kappa shape index (κ1) is 18.2. The number of hydrogen-bond donors (Lipinski definition) is 0. The zero-order valence-corrected chi connectivity index (χ0v) is 16.5. The van der Waals surface area contributed by atoms with Gasteiger partial charge in [0.15, 0.2) is 0 Å². The molecule has 3 rings (SSSR count). The Morgan fingerprint density at radius 2 is 1.60 bits per heavy atom. The van der Waals surface area contributed by atoms with E-state index in [1.165, 1.54) is 11.1 Å². The van der Waals surface area contributed by atoms with Crippen LogP contribution in [0, 0.1) is 0 Å². The van der Waals surface area contributed by atoms with Crippen LogP contribution >= 0.6 is 15.9 Å². The lowest BCUT2D eigenvalue weighted by Crippen LogP contribution is -2.45. The van der Waals surface area contributed by atoms with Crippen molar-refractivity contribution in [2.24, 2.45) is 0 Å². The van der Waals surface area contributed by atoms with Gasteiger partial charge < -0.3 is 9.47 Å². The molecule has 0 spiro atoms. The topological polar surface area (TPSA) is 24.9 Å². The van der Waals surface area contributed by atoms with Crippen LogP contribution in [0.25, 0.3) is 0 Å². The van der Waals surface area contributed by atoms with Crippen LogP contribution in [0.2, 0.25) is 0 Å². The average molecular weight is 405 g/mol. The molecule has 5 heteroatoms. The van der Waals surface area contributed by atoms with Gasteiger partial charge in [0.1, 0.15) is 11.5 Å². The highest BCUT2D eigenvalue weighted by atomic mass is 79.9. The van der Waals surface area contributed by atoms with Gasteiger partial charge in [0.2, 0.25) is 0 Å². The van der Waals surface area contributed by atoms with Crippen molar-refractivity contribution < 1.29 is 9.47 Å². The monoisotopic (exact) mass is 404 g/mol. The van der Waals surface area contributed by atoms with E-state index in [0.717, 1.165) is 55.2 Å². The molecule has 4 nitrogen and oxygen atoms in total. The van der Waals surface area contributed by atoms with Crippen molar-refractivity contribution in [1.82, 2.24) is 9.80 Å². The van der Waals surface area contributed by atoms with Gasteiger partial charge in [0.25, 0.3) is 0 Å². The summed E-state index contributed by atoms with van der Waals surface area (Å²) in [5.41, 5.74) is 2.54. The van der Waals surface area contributed by atoms with Crippen molar-refractivity contribution in [2.45, 2.75) is 13.1 Å². The number of benzene rings is 2. The molecular weight excluding hydrogens is 380 g/mol. The molecule has 0 saturated carbocycles. The van der Waals surface area contributed by atoms with E-state index in [4.69, 9.17) is 9.47 Å². The summed E-state index contributed by atoms with van der Waals surface area (Å²) >= 11 is 3.56. The van der Waals surface area contributed by atoms with Crippen LogP contribution in [-0.2, 0) is 13.1 Å². The maximum atomic E-state index is 5.49. The molecule has 1 heterocycles. The third-order valence-corrected chi connectivity index (χ3v) is 5.13. The van der Waals surface area contributed by atoms with Gasteiger partial charge in [-0.15, -0.1) is 0 Å². The summed E-state index contributed by atoms with van der Waals surface area (Å²) in [6, 6.07) is 14.5. The van der Waals surface area contributed by atoms with E-state index < -0.39 is 0 Å². The summed E-state index contributed by atoms with van der Waals surface area (Å²) in [7, 11) is 3.45. The van der Waals surface area contributed by atoms with Crippen molar-refractivity contribution in [1.29, 1.82) is 0 Å². The molecule has 0 aromatic heterocycles. The molecule has 1 aliphatic heterocycles. The molecule has 134 valence electrons. The number of piperazine rings is 1. The second-order valence-corrected chi connectivity index (χ2v) is 7.28. The summed E-state index contributed by atoms with van der Waals surface area (Å²) in [6.07, 6.45) is 0. The number of methoxy groups -OCH3 is 2. The van der Waals surface area contributed by atoms with Gasteiger partial charge in [0.05, 0.1) is 14.2 Å². The number of nitrogens with zero attached hydrogens (tertiary/aromatic N) is 2. The normalized spacial score (nSPS) is 16.0. The largest absolute Gasteiger partial charge is 0.497 e. The first-order valence-electron chi connectivity index (χ1n) is 8.58. The lowest BCUT2D eigenvalue weighted by molar-refractivity contribution is 0.121. The molecule has 0 unspecified atom stereocenters. The second-order valence-electron chi connectivity index (χ2n) is 6.36. The van der Waals surface area contributed by atoms with Crippen molar-refractivity contribution >= 4 is 15.9 Å². The molecule has 2 aromatic rings. The zero-order valence-electron chi connectivity index (χ0n) is 14.9. The van der Waals surface area contributed by atoms with Gasteiger partial charge in [-0.2, -0.15) is 0 Å². The van der Waals surface area contributed by atoms with Gasteiger partial charge in [-0.05, 0) is 35.9 Å². The van der Waals surface area contributed by atoms with Crippen LogP contribution in [0.15, 0.2) is 46.9 Å². The Morgan fingerprint density at radius 1 is 0.880 bits per heavy atom. The molecule has 1 fully saturated rings. The molecule has 1 saturated heterocycles. The van der Waals surface area contributed by atoms with Gasteiger partial charge in [-0.3, -0.25) is 9.80 Å². The number of rotatable bonds is 6. The summed E-state index contributed by atoms with van der Waals surface area (Å²) in [5, 5.41) is 0. The number of ether oxygens (including phenoxy) is 2. The van der Waals surface area contributed by atoms with E-state index >= 15 is 0 Å². The molecule has 0 N–H and O–H groups in total. The van der Waals surface area contributed by atoms with Crippen molar-refractivity contribution in [3.63, 3.8) is 0 Å². The lowest BCUT2D eigenvalue weighted by atomic mass is 10.1. The maximum Gasteiger partial charge on any atom is 0.123 e. The molecule has 0 aliphatic carbocycles. The van der Waals surface area contributed by atoms with Gasteiger partial charge >= 0.3 is 0 Å². The fraction of sp³-hybridized carbons (Fsp3) is 0.400. The third-order valence-electron chi connectivity index (χ3n) is 4.64. The van der Waals surface area contributed by atoms with E-state index in [1.54, 1.807) is 14.2 Å². The van der Waals surface area contributed by atoms with Crippen LogP contribution in [0.4, 0.5) is 0 Å². The predicted molar refractivity (Wildman–Crippen MR) is 104 cm³/mol. The molecule has 0 atom stereocenters. The Hall–Kier alpha value is -1.56. The smallest absolute Gasteiger partial charge is 0.123 e. The minimum Gasteiger partial charge on any atom is -0.497 e. The van der Waals surface area contributed by atoms with E-state index in [1.807, 2.05) is 18.2 Å². The SMILES string of the molecule is COc1cccc(CN2CCN(Cc3cc(Br)ccc3OC)CC2)c1. The maximum absolute atomic E-state index is 5.49. The van der Waals surface area contributed by atoms with Crippen LogP contribution in [0.3, 0.4) is 0 Å². The predicted octanol–water partition coefficient (Wildman–Crippen LogP) is 3.78. The summed E-state index contributed by atoms with van der Waals surface area (Å²) < 4.78 is 11.9. The minimum absolute atomic E-state index is 0.926. The molecule has 1 aliphatic rings. The lowest BCUT2D eigenvalue weighted by Gasteiger charge is -2.35. The van der Waals surface area contributed by atoms with Crippen LogP contribution in [0.1, 0.15) is 11.1 Å². The first-order valence-corrected chi connectivity index (χ1v) is 9.37. The molecular formula is C20H25BrN2O2. The molecule has 0 radical (unpaired) electrons. The van der Waals surface area contributed by atoms with Gasteiger partial charge in [-0.25, -0.2) is 0 Å². The first-order chi connectivity index (χ1) is 12.2. The second kappa shape index (κ2) is 8.70. The standard InChI is InChI=1S/C20H25BrN2O2/c1-24-19-5-3-4-16(12-19)14-22-8-10-23(11-9-22)15-17-13-18(21)6-7-20(17)25-2/h3-7,12-13H,8-11,14-15H2,1-2H3. The van der Waals surface area contributed by atoms with E-state index in [9.17, 15) is 0 Å². The molecule has 0 amide bonds. The highest BCUT2D eigenvalue weighted by Gasteiger charge is 2.18. The quantitative estimate of drug-likeness (QED) is 0.730. The van der Waals surface area contributed by atoms with Crippen molar-refractivity contribution in [3.8, 4) is 11.5 Å². The summed E-state index contributed by atoms with van der Waals surface area (Å²) in [4.78, 5) is 5.00. The Balaban J connectivity index is 1.54. The summed E-state index contributed by atoms with van der Waals surface area (Å²) in [6.45, 7) is 6.20. The molecule has 25 heavy (non-hydrogen) atoms. The van der Waals surface area contributed by atoms with Crippen LogP contribution in [0.5, 0.6) is 11.5 Å². The van der Waals surface area contributed by atoms with Crippen LogP contribution < -0.4 is 9.47 Å². The van der Waals surface area contributed by atoms with Crippen LogP contribution in [-0.4, -0.2) is 50.2 Å². The fourth-order valence-electron chi connectivity index (χ4n) is 3.25. The van der Waals surface area contributed by atoms with Gasteiger partial charge in [-0.1, -0.05) is 28.1 Å². The Kier molecular flexibility index (Phi) is 6.34. The van der Waals surface area contributed by atoms with Gasteiger partial charge in [0, 0.05) is 49.3 Å². The van der Waals surface area contributed by atoms with Crippen molar-refractivity contribution in [2.75, 3.05) is 40.4 Å². The Bertz CT molecular complexity index is 700. The van der Waals surface area contributed by atoms with E-state index in [-0.39, 0.29) is 0 Å². The van der Waals surface area contributed by atoms with E-state index in [2.05, 4.69) is 50.0 Å². The fourth-order valence-corrected chi connectivity index (χ4v) is 3.65. The Morgan fingerprint density at radius 3 is 2.28 bits per heavy atom. The Labute approximate surface area is 158 Å². The molecule has 0 bridgehead atoms. The average Bonchev–Trinajstić information content (AvgIpc) is 2.64. The third kappa shape index (κ3) is 4.97. The number of halogens is 1. The van der Waals surface area contributed by atoms with E-state index in [0.29, 0.717) is 0 Å². The minimum atomic E-state index is 0.926. The zero-order chi connectivity index (χ0) is 17.6.